The van der Waals surface area contributed by atoms with Crippen LogP contribution in [0.3, 0.4) is 0 Å². The number of halogens is 3. The Balaban J connectivity index is 1.53. The summed E-state index contributed by atoms with van der Waals surface area (Å²) >= 11 is 0. The molecule has 0 aromatic heterocycles. The van der Waals surface area contributed by atoms with Crippen LogP contribution in [0.5, 0.6) is 0 Å². The van der Waals surface area contributed by atoms with Gasteiger partial charge in [0, 0.05) is 18.8 Å². The third kappa shape index (κ3) is 4.81. The molecular formula is C24H22F3N3O3. The molecule has 1 heterocycles. The van der Waals surface area contributed by atoms with Gasteiger partial charge in [-0.1, -0.05) is 42.5 Å². The van der Waals surface area contributed by atoms with E-state index in [0.29, 0.717) is 32.0 Å². The molecular weight excluding hydrogens is 435 g/mol. The van der Waals surface area contributed by atoms with Crippen LogP contribution in [0.25, 0.3) is 0 Å². The van der Waals surface area contributed by atoms with Crippen LogP contribution in [0.2, 0.25) is 0 Å². The number of alkyl halides is 3. The number of piperidine rings is 1. The third-order valence-corrected chi connectivity index (χ3v) is 6.22. The van der Waals surface area contributed by atoms with Gasteiger partial charge in [-0.25, -0.2) is 0 Å². The van der Waals surface area contributed by atoms with E-state index in [0.717, 1.165) is 11.6 Å². The summed E-state index contributed by atoms with van der Waals surface area (Å²) in [6, 6.07) is 12.4. The summed E-state index contributed by atoms with van der Waals surface area (Å²) in [6.45, 7) is 1.01. The molecule has 0 saturated carbocycles. The molecule has 1 aliphatic heterocycles. The maximum absolute atomic E-state index is 13.3. The number of benzene rings is 2. The Morgan fingerprint density at radius 2 is 1.91 bits per heavy atom. The van der Waals surface area contributed by atoms with Crippen LogP contribution in [-0.4, -0.2) is 23.3 Å². The molecule has 1 saturated heterocycles. The lowest BCUT2D eigenvalue weighted by Gasteiger charge is -2.41. The smallest absolute Gasteiger partial charge is 0.338 e. The molecule has 2 unspecified atom stereocenters. The summed E-state index contributed by atoms with van der Waals surface area (Å²) in [5, 5.41) is 4.92. The number of likely N-dealkylation sites (tertiary alicyclic amines) is 1. The first kappa shape index (κ1) is 22.7. The third-order valence-electron chi connectivity index (χ3n) is 6.22. The molecule has 6 nitrogen and oxygen atoms in total. The van der Waals surface area contributed by atoms with Crippen molar-refractivity contribution in [1.82, 2.24) is 4.90 Å². The van der Waals surface area contributed by atoms with Crippen molar-refractivity contribution in [1.29, 1.82) is 0 Å². The van der Waals surface area contributed by atoms with Crippen LogP contribution in [0.4, 0.5) is 24.5 Å². The molecule has 33 heavy (non-hydrogen) atoms. The monoisotopic (exact) mass is 457 g/mol. The van der Waals surface area contributed by atoms with Crippen molar-refractivity contribution < 1.29 is 22.8 Å². The van der Waals surface area contributed by atoms with Gasteiger partial charge in [-0.05, 0) is 47.7 Å². The number of rotatable bonds is 5. The lowest BCUT2D eigenvalue weighted by molar-refractivity contribution is -0.147. The van der Waals surface area contributed by atoms with Gasteiger partial charge in [0.1, 0.15) is 5.69 Å². The molecule has 0 spiro atoms. The Morgan fingerprint density at radius 3 is 2.61 bits per heavy atom. The molecule has 2 aliphatic rings. The molecule has 1 aliphatic carbocycles. The molecule has 0 bridgehead atoms. The van der Waals surface area contributed by atoms with Gasteiger partial charge in [-0.3, -0.25) is 9.59 Å². The zero-order chi connectivity index (χ0) is 23.6. The summed E-state index contributed by atoms with van der Waals surface area (Å²) in [6.07, 6.45) is 0.0456. The number of anilines is 1. The predicted molar refractivity (Wildman–Crippen MR) is 116 cm³/mol. The number of hydrogen-bond acceptors (Lipinski definition) is 4. The average Bonchev–Trinajstić information content (AvgIpc) is 2.80. The fraction of sp³-hybridized carbons (Fsp3) is 0.333. The average molecular weight is 457 g/mol. The summed E-state index contributed by atoms with van der Waals surface area (Å²) in [7, 11) is 0. The maximum Gasteiger partial charge on any atom is 0.418 e. The Labute approximate surface area is 188 Å². The quantitative estimate of drug-likeness (QED) is 0.490. The number of nitrogens with zero attached hydrogens (tertiary/aromatic N) is 2. The van der Waals surface area contributed by atoms with Crippen molar-refractivity contribution in [3.63, 3.8) is 0 Å². The van der Waals surface area contributed by atoms with Gasteiger partial charge in [0.15, 0.2) is 0 Å². The molecule has 2 aromatic rings. The fourth-order valence-electron chi connectivity index (χ4n) is 4.61. The van der Waals surface area contributed by atoms with E-state index >= 15 is 0 Å². The Hall–Kier alpha value is -3.49. The molecule has 172 valence electrons. The fourth-order valence-corrected chi connectivity index (χ4v) is 4.61. The van der Waals surface area contributed by atoms with E-state index in [1.54, 1.807) is 4.90 Å². The summed E-state index contributed by atoms with van der Waals surface area (Å²) in [5.41, 5.74) is -1.09. The number of amides is 2. The predicted octanol–water partition coefficient (Wildman–Crippen LogP) is 5.28. The SMILES string of the molecule is O=Nc1ccc(NC(=O)[C@H]2CC=CC3CCN(Cc4ccccc4)C(=O)C32)cc1C(F)(F)F. The van der Waals surface area contributed by atoms with Gasteiger partial charge in [0.05, 0.1) is 17.4 Å². The molecule has 9 heteroatoms. The minimum Gasteiger partial charge on any atom is -0.338 e. The van der Waals surface area contributed by atoms with Gasteiger partial charge in [-0.15, -0.1) is 4.91 Å². The highest BCUT2D eigenvalue weighted by atomic mass is 19.4. The Kier molecular flexibility index (Phi) is 6.31. The van der Waals surface area contributed by atoms with Crippen LogP contribution in [0.15, 0.2) is 65.9 Å². The highest BCUT2D eigenvalue weighted by Crippen LogP contribution is 2.40. The van der Waals surface area contributed by atoms with Crippen LogP contribution in [0.1, 0.15) is 24.0 Å². The van der Waals surface area contributed by atoms with E-state index in [2.05, 4.69) is 10.5 Å². The normalized spacial score (nSPS) is 22.6. The van der Waals surface area contributed by atoms with E-state index in [4.69, 9.17) is 0 Å². The second kappa shape index (κ2) is 9.17. The molecule has 1 N–H and O–H groups in total. The Bertz CT molecular complexity index is 1090. The molecule has 4 rings (SSSR count). The largest absolute Gasteiger partial charge is 0.418 e. The summed E-state index contributed by atoms with van der Waals surface area (Å²) < 4.78 is 39.7. The van der Waals surface area contributed by atoms with Gasteiger partial charge in [0.2, 0.25) is 11.8 Å². The number of nitrogens with one attached hydrogen (secondary N) is 1. The van der Waals surface area contributed by atoms with E-state index in [9.17, 15) is 27.7 Å². The topological polar surface area (TPSA) is 78.8 Å². The van der Waals surface area contributed by atoms with Crippen molar-refractivity contribution in [3.05, 3.63) is 76.7 Å². The van der Waals surface area contributed by atoms with Crippen molar-refractivity contribution in [2.45, 2.75) is 25.6 Å². The molecule has 3 atom stereocenters. The Morgan fingerprint density at radius 1 is 1.15 bits per heavy atom. The van der Waals surface area contributed by atoms with E-state index < -0.39 is 35.2 Å². The van der Waals surface area contributed by atoms with E-state index in [1.807, 2.05) is 42.5 Å². The van der Waals surface area contributed by atoms with E-state index in [-0.39, 0.29) is 17.5 Å². The first-order valence-corrected chi connectivity index (χ1v) is 10.6. The first-order valence-electron chi connectivity index (χ1n) is 10.6. The minimum atomic E-state index is -4.79. The van der Waals surface area contributed by atoms with Gasteiger partial charge in [0.25, 0.3) is 0 Å². The van der Waals surface area contributed by atoms with Crippen LogP contribution < -0.4 is 5.32 Å². The molecule has 0 radical (unpaired) electrons. The second-order valence-electron chi connectivity index (χ2n) is 8.30. The lowest BCUT2D eigenvalue weighted by atomic mass is 9.71. The highest BCUT2D eigenvalue weighted by molar-refractivity contribution is 5.97. The molecule has 2 aromatic carbocycles. The molecule has 2 amide bonds. The van der Waals surface area contributed by atoms with Crippen LogP contribution >= 0.6 is 0 Å². The van der Waals surface area contributed by atoms with Gasteiger partial charge < -0.3 is 10.2 Å². The van der Waals surface area contributed by atoms with Crippen molar-refractivity contribution in [2.75, 3.05) is 11.9 Å². The van der Waals surface area contributed by atoms with Crippen LogP contribution in [-0.2, 0) is 22.3 Å². The van der Waals surface area contributed by atoms with Crippen molar-refractivity contribution in [2.24, 2.45) is 22.9 Å². The number of carbonyl (C=O) groups excluding carboxylic acids is 2. The number of fused-ring (bicyclic) bond motifs is 1. The summed E-state index contributed by atoms with van der Waals surface area (Å²) in [4.78, 5) is 38.8. The standard InChI is InChI=1S/C24H22F3N3O3/c25-24(26,27)19-13-17(9-10-20(19)29-33)28-22(31)18-8-4-7-16-11-12-30(23(32)21(16)18)14-15-5-2-1-3-6-15/h1-7,9-10,13,16,18,21H,8,11-12,14H2,(H,28,31)/t16?,18-,21?/m0/s1. The highest BCUT2D eigenvalue weighted by Gasteiger charge is 2.44. The number of carbonyl (C=O) groups is 2. The number of allylic oxidation sites excluding steroid dienone is 2. The van der Waals surface area contributed by atoms with Crippen molar-refractivity contribution in [3.8, 4) is 0 Å². The van der Waals surface area contributed by atoms with Gasteiger partial charge in [-0.2, -0.15) is 13.2 Å². The first-order chi connectivity index (χ1) is 15.8. The second-order valence-corrected chi connectivity index (χ2v) is 8.30. The van der Waals surface area contributed by atoms with Gasteiger partial charge >= 0.3 is 6.18 Å². The van der Waals surface area contributed by atoms with Crippen molar-refractivity contribution >= 4 is 23.2 Å². The number of nitroso groups, excluding NO2 is 1. The minimum absolute atomic E-state index is 0.0959. The lowest BCUT2D eigenvalue weighted by Crippen LogP contribution is -2.50. The maximum atomic E-state index is 13.3. The van der Waals surface area contributed by atoms with E-state index in [1.165, 1.54) is 6.07 Å². The summed E-state index contributed by atoms with van der Waals surface area (Å²) in [5.74, 6) is -2.03. The molecule has 1 fully saturated rings. The number of hydrogen-bond donors (Lipinski definition) is 1. The zero-order valence-electron chi connectivity index (χ0n) is 17.6. The van der Waals surface area contributed by atoms with Crippen LogP contribution in [0, 0.1) is 22.7 Å². The zero-order valence-corrected chi connectivity index (χ0v) is 17.6.